The molecular formula is C17H18BrNO2S. The first-order valence-corrected chi connectivity index (χ1v) is 9.55. The van der Waals surface area contributed by atoms with E-state index in [1.54, 1.807) is 31.3 Å². The van der Waals surface area contributed by atoms with Gasteiger partial charge in [0.25, 0.3) is 0 Å². The van der Waals surface area contributed by atoms with E-state index in [2.05, 4.69) is 22.0 Å². The van der Waals surface area contributed by atoms with Gasteiger partial charge in [-0.2, -0.15) is 4.31 Å². The lowest BCUT2D eigenvalue weighted by Crippen LogP contribution is -2.33. The lowest BCUT2D eigenvalue weighted by atomic mass is 9.88. The van der Waals surface area contributed by atoms with Crippen molar-refractivity contribution in [3.63, 3.8) is 0 Å². The Labute approximate surface area is 140 Å². The molecule has 3 rings (SSSR count). The first-order chi connectivity index (χ1) is 10.5. The number of sulfonamides is 1. The van der Waals surface area contributed by atoms with Crippen LogP contribution in [0.5, 0.6) is 0 Å². The number of rotatable bonds is 3. The summed E-state index contributed by atoms with van der Waals surface area (Å²) in [5.74, 6) is 0. The number of benzene rings is 2. The fourth-order valence-electron chi connectivity index (χ4n) is 3.05. The third-order valence-corrected chi connectivity index (χ3v) is 6.68. The average molecular weight is 380 g/mol. The highest BCUT2D eigenvalue weighted by atomic mass is 79.9. The fraction of sp³-hybridized carbons (Fsp3) is 0.294. The molecule has 0 N–H and O–H groups in total. The van der Waals surface area contributed by atoms with E-state index in [0.717, 1.165) is 29.3 Å². The summed E-state index contributed by atoms with van der Waals surface area (Å²) >= 11 is 3.34. The zero-order valence-corrected chi connectivity index (χ0v) is 14.8. The van der Waals surface area contributed by atoms with Gasteiger partial charge >= 0.3 is 0 Å². The minimum atomic E-state index is -3.49. The summed E-state index contributed by atoms with van der Waals surface area (Å²) in [4.78, 5) is 0.334. The van der Waals surface area contributed by atoms with E-state index in [1.807, 2.05) is 18.2 Å². The molecule has 1 atom stereocenters. The molecule has 1 aliphatic carbocycles. The van der Waals surface area contributed by atoms with Gasteiger partial charge in [0.15, 0.2) is 0 Å². The normalized spacial score (nSPS) is 18.2. The van der Waals surface area contributed by atoms with Crippen LogP contribution in [0, 0.1) is 0 Å². The molecular weight excluding hydrogens is 362 g/mol. The van der Waals surface area contributed by atoms with E-state index in [-0.39, 0.29) is 6.04 Å². The van der Waals surface area contributed by atoms with Crippen LogP contribution in [-0.2, 0) is 16.4 Å². The summed E-state index contributed by atoms with van der Waals surface area (Å²) in [7, 11) is -1.80. The molecule has 0 amide bonds. The maximum atomic E-state index is 12.9. The van der Waals surface area contributed by atoms with Crippen LogP contribution in [0.3, 0.4) is 0 Å². The summed E-state index contributed by atoms with van der Waals surface area (Å²) in [6, 6.07) is 14.9. The Hall–Kier alpha value is -1.17. The van der Waals surface area contributed by atoms with Crippen LogP contribution in [0.1, 0.15) is 30.0 Å². The minimum absolute atomic E-state index is 0.0846. The van der Waals surface area contributed by atoms with Gasteiger partial charge in [0.2, 0.25) is 10.0 Å². The second-order valence-electron chi connectivity index (χ2n) is 5.58. The Morgan fingerprint density at radius 1 is 1.09 bits per heavy atom. The number of halogens is 1. The van der Waals surface area contributed by atoms with E-state index >= 15 is 0 Å². The van der Waals surface area contributed by atoms with Crippen molar-refractivity contribution in [3.8, 4) is 0 Å². The van der Waals surface area contributed by atoms with Gasteiger partial charge in [-0.05, 0) is 54.7 Å². The summed E-state index contributed by atoms with van der Waals surface area (Å²) in [6.07, 6.45) is 2.91. The highest BCUT2D eigenvalue weighted by Gasteiger charge is 2.31. The van der Waals surface area contributed by atoms with Crippen LogP contribution in [0.2, 0.25) is 0 Å². The molecule has 2 aromatic carbocycles. The van der Waals surface area contributed by atoms with Gasteiger partial charge < -0.3 is 0 Å². The lowest BCUT2D eigenvalue weighted by molar-refractivity contribution is 0.337. The second kappa shape index (κ2) is 6.14. The predicted molar refractivity (Wildman–Crippen MR) is 91.2 cm³/mol. The van der Waals surface area contributed by atoms with E-state index in [9.17, 15) is 8.42 Å². The Balaban J connectivity index is 1.97. The van der Waals surface area contributed by atoms with Gasteiger partial charge in [-0.25, -0.2) is 8.42 Å². The van der Waals surface area contributed by atoms with Crippen molar-refractivity contribution in [1.29, 1.82) is 0 Å². The first kappa shape index (κ1) is 15.7. The van der Waals surface area contributed by atoms with Gasteiger partial charge in [-0.15, -0.1) is 0 Å². The molecule has 1 aliphatic rings. The topological polar surface area (TPSA) is 37.4 Å². The first-order valence-electron chi connectivity index (χ1n) is 7.31. The Morgan fingerprint density at radius 2 is 1.77 bits per heavy atom. The number of hydrogen-bond acceptors (Lipinski definition) is 2. The van der Waals surface area contributed by atoms with Crippen molar-refractivity contribution in [1.82, 2.24) is 4.31 Å². The Bertz CT molecular complexity index is 772. The van der Waals surface area contributed by atoms with Crippen LogP contribution < -0.4 is 0 Å². The van der Waals surface area contributed by atoms with Crippen LogP contribution in [-0.4, -0.2) is 19.8 Å². The summed E-state index contributed by atoms with van der Waals surface area (Å²) in [5.41, 5.74) is 2.40. The minimum Gasteiger partial charge on any atom is -0.207 e. The third-order valence-electron chi connectivity index (χ3n) is 4.27. The van der Waals surface area contributed by atoms with Crippen molar-refractivity contribution in [2.24, 2.45) is 0 Å². The van der Waals surface area contributed by atoms with Gasteiger partial charge in [-0.3, -0.25) is 0 Å². The lowest BCUT2D eigenvalue weighted by Gasteiger charge is -2.32. The van der Waals surface area contributed by atoms with Crippen LogP contribution in [0.15, 0.2) is 57.9 Å². The maximum Gasteiger partial charge on any atom is 0.243 e. The Morgan fingerprint density at radius 3 is 2.50 bits per heavy atom. The second-order valence-corrected chi connectivity index (χ2v) is 8.50. The molecule has 0 radical (unpaired) electrons. The zero-order chi connectivity index (χ0) is 15.7. The molecule has 0 fully saturated rings. The molecule has 0 saturated carbocycles. The molecule has 5 heteroatoms. The summed E-state index contributed by atoms with van der Waals surface area (Å²) in [6.45, 7) is 0. The number of fused-ring (bicyclic) bond motifs is 1. The van der Waals surface area contributed by atoms with Crippen molar-refractivity contribution in [3.05, 3.63) is 64.1 Å². The van der Waals surface area contributed by atoms with Crippen molar-refractivity contribution in [2.45, 2.75) is 30.2 Å². The average Bonchev–Trinajstić information content (AvgIpc) is 2.54. The van der Waals surface area contributed by atoms with E-state index < -0.39 is 10.0 Å². The van der Waals surface area contributed by atoms with Crippen molar-refractivity contribution < 1.29 is 8.42 Å². The summed E-state index contributed by atoms with van der Waals surface area (Å²) in [5, 5.41) is 0. The molecule has 0 aromatic heterocycles. The largest absolute Gasteiger partial charge is 0.243 e. The highest BCUT2D eigenvalue weighted by molar-refractivity contribution is 9.10. The molecule has 0 bridgehead atoms. The third kappa shape index (κ3) is 2.85. The fourth-order valence-corrected chi connectivity index (χ4v) is 4.68. The maximum absolute atomic E-state index is 12.9. The molecule has 0 unspecified atom stereocenters. The van der Waals surface area contributed by atoms with Gasteiger partial charge in [0.1, 0.15) is 0 Å². The summed E-state index contributed by atoms with van der Waals surface area (Å²) < 4.78 is 28.1. The monoisotopic (exact) mass is 379 g/mol. The molecule has 3 nitrogen and oxygen atoms in total. The van der Waals surface area contributed by atoms with E-state index in [4.69, 9.17) is 0 Å². The van der Waals surface area contributed by atoms with Gasteiger partial charge in [0, 0.05) is 17.6 Å². The number of aryl methyl sites for hydroxylation is 1. The number of nitrogens with zero attached hydrogens (tertiary/aromatic N) is 1. The molecule has 0 aliphatic heterocycles. The highest BCUT2D eigenvalue weighted by Crippen LogP contribution is 2.36. The van der Waals surface area contributed by atoms with Crippen LogP contribution >= 0.6 is 15.9 Å². The smallest absolute Gasteiger partial charge is 0.207 e. The molecule has 116 valence electrons. The molecule has 2 aromatic rings. The van der Waals surface area contributed by atoms with Crippen LogP contribution in [0.25, 0.3) is 0 Å². The molecule has 22 heavy (non-hydrogen) atoms. The van der Waals surface area contributed by atoms with Crippen molar-refractivity contribution in [2.75, 3.05) is 7.05 Å². The Kier molecular flexibility index (Phi) is 4.39. The van der Waals surface area contributed by atoms with Gasteiger partial charge in [0.05, 0.1) is 4.90 Å². The predicted octanol–water partition coefficient (Wildman–Crippen LogP) is 4.15. The molecule has 0 saturated heterocycles. The van der Waals surface area contributed by atoms with E-state index in [1.165, 1.54) is 9.87 Å². The van der Waals surface area contributed by atoms with Crippen LogP contribution in [0.4, 0.5) is 0 Å². The number of hydrogen-bond donors (Lipinski definition) is 0. The SMILES string of the molecule is CN([C@@H]1CCCc2ccccc21)S(=O)(=O)c1ccc(Br)cc1. The zero-order valence-electron chi connectivity index (χ0n) is 12.4. The quantitative estimate of drug-likeness (QED) is 0.803. The van der Waals surface area contributed by atoms with Crippen molar-refractivity contribution >= 4 is 26.0 Å². The van der Waals surface area contributed by atoms with E-state index in [0.29, 0.717) is 4.90 Å². The van der Waals surface area contributed by atoms with Gasteiger partial charge in [-0.1, -0.05) is 40.2 Å². The molecule has 0 heterocycles. The standard InChI is InChI=1S/C17H18BrNO2S/c1-19(22(20,21)15-11-9-14(18)10-12-15)17-8-4-6-13-5-2-3-7-16(13)17/h2-3,5,7,9-12,17H,4,6,8H2,1H3/t17-/m1/s1. The molecule has 0 spiro atoms.